The van der Waals surface area contributed by atoms with Crippen LogP contribution in [0.5, 0.6) is 5.75 Å². The summed E-state index contributed by atoms with van der Waals surface area (Å²) in [6, 6.07) is 1.42. The Kier molecular flexibility index (Phi) is 4.32. The van der Waals surface area contributed by atoms with Gasteiger partial charge in [-0.25, -0.2) is 9.50 Å². The van der Waals surface area contributed by atoms with Crippen LogP contribution in [0.3, 0.4) is 0 Å². The molecule has 2 rings (SSSR count). The number of aromatic hydroxyl groups is 1. The first-order valence-corrected chi connectivity index (χ1v) is 7.00. The van der Waals surface area contributed by atoms with Gasteiger partial charge in [-0.2, -0.15) is 5.10 Å². The largest absolute Gasteiger partial charge is 0.507 e. The molecule has 9 heteroatoms. The van der Waals surface area contributed by atoms with Crippen molar-refractivity contribution < 1.29 is 19.8 Å². The van der Waals surface area contributed by atoms with Crippen LogP contribution in [-0.4, -0.2) is 48.5 Å². The topological polar surface area (TPSA) is 117 Å². The zero-order chi connectivity index (χ0) is 15.6. The molecule has 0 saturated carbocycles. The Balaban J connectivity index is 2.45. The summed E-state index contributed by atoms with van der Waals surface area (Å²) in [7, 11) is 0. The summed E-state index contributed by atoms with van der Waals surface area (Å²) >= 11 is 1.46. The SMILES string of the molecule is CC(C)Sc1cc(O)c(C(=O)NCC(=O)O)c2ncnn12. The van der Waals surface area contributed by atoms with E-state index in [0.717, 1.165) is 0 Å². The van der Waals surface area contributed by atoms with Crippen LogP contribution in [0.2, 0.25) is 0 Å². The monoisotopic (exact) mass is 310 g/mol. The molecule has 0 radical (unpaired) electrons. The number of carbonyl (C=O) groups is 2. The highest BCUT2D eigenvalue weighted by atomic mass is 32.2. The molecule has 0 unspecified atom stereocenters. The predicted octanol–water partition coefficient (Wildman–Crippen LogP) is 0.750. The molecular formula is C12H14N4O4S. The predicted molar refractivity (Wildman–Crippen MR) is 75.6 cm³/mol. The molecule has 0 aliphatic rings. The molecule has 0 fully saturated rings. The van der Waals surface area contributed by atoms with Gasteiger partial charge in [0.25, 0.3) is 5.91 Å². The summed E-state index contributed by atoms with van der Waals surface area (Å²) < 4.78 is 1.44. The highest BCUT2D eigenvalue weighted by Crippen LogP contribution is 2.30. The van der Waals surface area contributed by atoms with Crippen molar-refractivity contribution >= 4 is 29.3 Å². The number of nitrogens with one attached hydrogen (secondary N) is 1. The van der Waals surface area contributed by atoms with E-state index >= 15 is 0 Å². The molecule has 0 aromatic carbocycles. The quantitative estimate of drug-likeness (QED) is 0.698. The number of fused-ring (bicyclic) bond motifs is 1. The first-order chi connectivity index (χ1) is 9.90. The molecule has 0 spiro atoms. The fourth-order valence-corrected chi connectivity index (χ4v) is 2.62. The van der Waals surface area contributed by atoms with Crippen LogP contribution >= 0.6 is 11.8 Å². The van der Waals surface area contributed by atoms with Gasteiger partial charge in [-0.3, -0.25) is 9.59 Å². The van der Waals surface area contributed by atoms with Crippen molar-refractivity contribution in [1.82, 2.24) is 19.9 Å². The van der Waals surface area contributed by atoms with Crippen molar-refractivity contribution in [2.24, 2.45) is 0 Å². The number of carboxylic acids is 1. The lowest BCUT2D eigenvalue weighted by Crippen LogP contribution is -2.29. The van der Waals surface area contributed by atoms with Crippen LogP contribution in [0, 0.1) is 0 Å². The number of carboxylic acid groups (broad SMARTS) is 1. The third kappa shape index (κ3) is 3.24. The summed E-state index contributed by atoms with van der Waals surface area (Å²) in [6.07, 6.45) is 1.27. The smallest absolute Gasteiger partial charge is 0.322 e. The minimum absolute atomic E-state index is 0.0955. The van der Waals surface area contributed by atoms with Crippen molar-refractivity contribution in [3.05, 3.63) is 18.0 Å². The Bertz CT molecular complexity index is 698. The van der Waals surface area contributed by atoms with E-state index in [1.165, 1.54) is 28.7 Å². The maximum absolute atomic E-state index is 12.0. The molecule has 0 saturated heterocycles. The number of rotatable bonds is 5. The molecule has 1 amide bonds. The second-order valence-electron chi connectivity index (χ2n) is 4.48. The lowest BCUT2D eigenvalue weighted by atomic mass is 10.2. The zero-order valence-electron chi connectivity index (χ0n) is 11.4. The van der Waals surface area contributed by atoms with Gasteiger partial charge in [0.1, 0.15) is 29.2 Å². The van der Waals surface area contributed by atoms with Gasteiger partial charge in [-0.15, -0.1) is 11.8 Å². The van der Waals surface area contributed by atoms with Gasteiger partial charge in [0.15, 0.2) is 5.65 Å². The standard InChI is InChI=1S/C12H14N4O4S/c1-6(2)21-8-3-7(17)10(11-14-5-15-16(8)11)12(20)13-4-9(18)19/h3,5-6,17H,4H2,1-2H3,(H,13,20)(H,18,19). The minimum atomic E-state index is -1.17. The number of nitrogens with zero attached hydrogens (tertiary/aromatic N) is 3. The van der Waals surface area contributed by atoms with E-state index in [-0.39, 0.29) is 22.2 Å². The zero-order valence-corrected chi connectivity index (χ0v) is 12.2. The van der Waals surface area contributed by atoms with Crippen molar-refractivity contribution in [1.29, 1.82) is 0 Å². The number of aromatic nitrogens is 3. The Labute approximate surface area is 124 Å². The molecule has 21 heavy (non-hydrogen) atoms. The Hall–Kier alpha value is -2.29. The summed E-state index contributed by atoms with van der Waals surface area (Å²) in [5, 5.41) is 25.8. The van der Waals surface area contributed by atoms with Crippen molar-refractivity contribution in [2.45, 2.75) is 24.1 Å². The van der Waals surface area contributed by atoms with Crippen LogP contribution in [0.4, 0.5) is 0 Å². The summed E-state index contributed by atoms with van der Waals surface area (Å²) in [6.45, 7) is 3.43. The maximum atomic E-state index is 12.0. The molecule has 2 aromatic rings. The number of amides is 1. The second kappa shape index (κ2) is 6.00. The van der Waals surface area contributed by atoms with Gasteiger partial charge < -0.3 is 15.5 Å². The lowest BCUT2D eigenvalue weighted by molar-refractivity contribution is -0.135. The maximum Gasteiger partial charge on any atom is 0.322 e. The molecule has 0 bridgehead atoms. The molecule has 0 aliphatic carbocycles. The van der Waals surface area contributed by atoms with Gasteiger partial charge in [0.05, 0.1) is 0 Å². The summed E-state index contributed by atoms with van der Waals surface area (Å²) in [4.78, 5) is 26.5. The van der Waals surface area contributed by atoms with Crippen LogP contribution in [-0.2, 0) is 4.79 Å². The van der Waals surface area contributed by atoms with Crippen LogP contribution < -0.4 is 5.32 Å². The van der Waals surface area contributed by atoms with E-state index in [9.17, 15) is 14.7 Å². The lowest BCUT2D eigenvalue weighted by Gasteiger charge is -2.11. The number of hydrogen-bond acceptors (Lipinski definition) is 6. The highest BCUT2D eigenvalue weighted by molar-refractivity contribution is 7.99. The summed E-state index contributed by atoms with van der Waals surface area (Å²) in [5.74, 6) is -2.15. The number of carbonyl (C=O) groups excluding carboxylic acids is 1. The van der Waals surface area contributed by atoms with Gasteiger partial charge in [-0.1, -0.05) is 13.8 Å². The Morgan fingerprint density at radius 3 is 2.81 bits per heavy atom. The number of hydrogen-bond donors (Lipinski definition) is 3. The van der Waals surface area contributed by atoms with E-state index in [1.54, 1.807) is 0 Å². The molecule has 2 heterocycles. The molecule has 3 N–H and O–H groups in total. The number of aliphatic carboxylic acids is 1. The van der Waals surface area contributed by atoms with Crippen molar-refractivity contribution in [3.63, 3.8) is 0 Å². The average Bonchev–Trinajstić information content (AvgIpc) is 2.84. The van der Waals surface area contributed by atoms with E-state index in [0.29, 0.717) is 5.03 Å². The van der Waals surface area contributed by atoms with E-state index < -0.39 is 18.4 Å². The van der Waals surface area contributed by atoms with Gasteiger partial charge in [0, 0.05) is 11.3 Å². The molecular weight excluding hydrogens is 296 g/mol. The fourth-order valence-electron chi connectivity index (χ4n) is 1.73. The van der Waals surface area contributed by atoms with Crippen LogP contribution in [0.15, 0.2) is 17.4 Å². The normalized spacial score (nSPS) is 11.0. The van der Waals surface area contributed by atoms with Crippen LogP contribution in [0.1, 0.15) is 24.2 Å². The molecule has 0 aliphatic heterocycles. The van der Waals surface area contributed by atoms with Gasteiger partial charge in [0.2, 0.25) is 0 Å². The Morgan fingerprint density at radius 1 is 1.48 bits per heavy atom. The molecule has 2 aromatic heterocycles. The molecule has 112 valence electrons. The van der Waals surface area contributed by atoms with Gasteiger partial charge >= 0.3 is 5.97 Å². The Morgan fingerprint density at radius 2 is 2.19 bits per heavy atom. The first-order valence-electron chi connectivity index (χ1n) is 6.12. The second-order valence-corrected chi connectivity index (χ2v) is 6.08. The van der Waals surface area contributed by atoms with E-state index in [2.05, 4.69) is 15.4 Å². The molecule has 0 atom stereocenters. The number of pyridine rings is 1. The van der Waals surface area contributed by atoms with E-state index in [4.69, 9.17) is 5.11 Å². The third-order valence-corrected chi connectivity index (χ3v) is 3.48. The highest BCUT2D eigenvalue weighted by Gasteiger charge is 2.21. The third-order valence-electron chi connectivity index (χ3n) is 2.48. The first kappa shape index (κ1) is 15.1. The molecule has 8 nitrogen and oxygen atoms in total. The van der Waals surface area contributed by atoms with E-state index in [1.807, 2.05) is 13.8 Å². The fraction of sp³-hybridized carbons (Fsp3) is 0.333. The van der Waals surface area contributed by atoms with Gasteiger partial charge in [-0.05, 0) is 0 Å². The van der Waals surface area contributed by atoms with Crippen molar-refractivity contribution in [3.8, 4) is 5.75 Å². The number of thioether (sulfide) groups is 1. The van der Waals surface area contributed by atoms with Crippen LogP contribution in [0.25, 0.3) is 5.65 Å². The average molecular weight is 310 g/mol. The summed E-state index contributed by atoms with van der Waals surface area (Å²) in [5.41, 5.74) is 0.0860. The van der Waals surface area contributed by atoms with Crippen molar-refractivity contribution in [2.75, 3.05) is 6.54 Å². The minimum Gasteiger partial charge on any atom is -0.507 e.